The molecule has 4 aromatic rings. The van der Waals surface area contributed by atoms with Crippen LogP contribution in [0.2, 0.25) is 0 Å². The van der Waals surface area contributed by atoms with Crippen molar-refractivity contribution < 1.29 is 19.0 Å². The molecule has 0 N–H and O–H groups in total. The second-order valence-corrected chi connectivity index (χ2v) is 10.9. The van der Waals surface area contributed by atoms with Crippen molar-refractivity contribution in [2.75, 3.05) is 33.4 Å². The van der Waals surface area contributed by atoms with Crippen LogP contribution in [0.25, 0.3) is 16.1 Å². The molecule has 6 rings (SSSR count). The highest BCUT2D eigenvalue weighted by Crippen LogP contribution is 2.37. The van der Waals surface area contributed by atoms with Gasteiger partial charge in [-0.05, 0) is 43.4 Å². The molecule has 0 atom stereocenters. The average Bonchev–Trinajstić information content (AvgIpc) is 3.64. The molecular weight excluding hydrogens is 502 g/mol. The number of fused-ring (bicyclic) bond motifs is 1. The minimum atomic E-state index is 0.257. The van der Waals surface area contributed by atoms with Gasteiger partial charge in [-0.2, -0.15) is 10.1 Å². The van der Waals surface area contributed by atoms with Crippen LogP contribution in [0.15, 0.2) is 42.7 Å². The van der Waals surface area contributed by atoms with Gasteiger partial charge in [0.25, 0.3) is 0 Å². The van der Waals surface area contributed by atoms with Gasteiger partial charge in [-0.15, -0.1) is 11.3 Å². The smallest absolute Gasteiger partial charge is 0.217 e. The molecule has 5 heterocycles. The number of benzene rings is 1. The van der Waals surface area contributed by atoms with E-state index in [1.54, 1.807) is 18.4 Å². The van der Waals surface area contributed by atoms with Gasteiger partial charge in [0.1, 0.15) is 12.4 Å². The van der Waals surface area contributed by atoms with Gasteiger partial charge in [0.2, 0.25) is 12.3 Å². The van der Waals surface area contributed by atoms with Crippen LogP contribution in [0.3, 0.4) is 0 Å². The molecule has 1 aromatic carbocycles. The van der Waals surface area contributed by atoms with E-state index in [0.29, 0.717) is 18.4 Å². The van der Waals surface area contributed by atoms with E-state index in [1.165, 1.54) is 0 Å². The molecule has 3 aromatic heterocycles. The van der Waals surface area contributed by atoms with Gasteiger partial charge in [0.05, 0.1) is 34.4 Å². The van der Waals surface area contributed by atoms with E-state index in [9.17, 15) is 4.79 Å². The lowest BCUT2D eigenvalue weighted by molar-refractivity contribution is -0.119. The van der Waals surface area contributed by atoms with E-state index in [4.69, 9.17) is 29.3 Å². The van der Waals surface area contributed by atoms with Gasteiger partial charge in [0.15, 0.2) is 5.65 Å². The van der Waals surface area contributed by atoms with E-state index in [1.807, 2.05) is 52.1 Å². The Balaban J connectivity index is 1.33. The first-order chi connectivity index (χ1) is 18.7. The number of aromatic nitrogens is 4. The standard InChI is InChI=1S/C28H31N5O4S/c1-35-22-4-2-19(3-5-22)17-37-26-14-24(20-6-10-32(18-34)11-7-20)33-27(31-26)23(15-30-33)25-16-29-28(38-25)21-8-12-36-13-9-21/h2-5,14-16,18,20-21H,6-13,17H2,1H3. The summed E-state index contributed by atoms with van der Waals surface area (Å²) in [5.41, 5.74) is 3.82. The van der Waals surface area contributed by atoms with Crippen molar-refractivity contribution in [1.29, 1.82) is 0 Å². The predicted octanol–water partition coefficient (Wildman–Crippen LogP) is 4.67. The topological polar surface area (TPSA) is 91.1 Å². The number of rotatable bonds is 8. The molecule has 1 amide bonds. The van der Waals surface area contributed by atoms with E-state index >= 15 is 0 Å². The summed E-state index contributed by atoms with van der Waals surface area (Å²) in [5, 5.41) is 5.92. The number of likely N-dealkylation sites (tertiary alicyclic amines) is 1. The molecule has 0 bridgehead atoms. The maximum Gasteiger partial charge on any atom is 0.217 e. The lowest BCUT2D eigenvalue weighted by atomic mass is 9.93. The molecule has 10 heteroatoms. The number of hydrogen-bond donors (Lipinski definition) is 0. The summed E-state index contributed by atoms with van der Waals surface area (Å²) in [6.07, 6.45) is 8.54. The Morgan fingerprint density at radius 1 is 1.08 bits per heavy atom. The third kappa shape index (κ3) is 5.10. The van der Waals surface area contributed by atoms with Gasteiger partial charge < -0.3 is 19.1 Å². The summed E-state index contributed by atoms with van der Waals surface area (Å²) in [4.78, 5) is 23.8. The minimum Gasteiger partial charge on any atom is -0.497 e. The average molecular weight is 534 g/mol. The first-order valence-electron chi connectivity index (χ1n) is 13.1. The van der Waals surface area contributed by atoms with Crippen LogP contribution in [0.4, 0.5) is 0 Å². The highest BCUT2D eigenvalue weighted by Gasteiger charge is 2.26. The van der Waals surface area contributed by atoms with Crippen LogP contribution >= 0.6 is 11.3 Å². The quantitative estimate of drug-likeness (QED) is 0.304. The van der Waals surface area contributed by atoms with Crippen molar-refractivity contribution >= 4 is 23.4 Å². The fraction of sp³-hybridized carbons (Fsp3) is 0.429. The molecule has 2 saturated heterocycles. The van der Waals surface area contributed by atoms with Crippen molar-refractivity contribution in [2.45, 2.75) is 44.1 Å². The first-order valence-corrected chi connectivity index (χ1v) is 13.9. The van der Waals surface area contributed by atoms with Gasteiger partial charge in [-0.25, -0.2) is 9.50 Å². The molecule has 198 valence electrons. The Morgan fingerprint density at radius 2 is 1.87 bits per heavy atom. The Morgan fingerprint density at radius 3 is 2.61 bits per heavy atom. The van der Waals surface area contributed by atoms with Crippen molar-refractivity contribution in [3.8, 4) is 22.1 Å². The number of carbonyl (C=O) groups is 1. The van der Waals surface area contributed by atoms with Crippen LogP contribution in [0.5, 0.6) is 11.6 Å². The van der Waals surface area contributed by atoms with Crippen LogP contribution in [0.1, 0.15) is 53.8 Å². The molecule has 2 aliphatic heterocycles. The maximum atomic E-state index is 11.3. The van der Waals surface area contributed by atoms with Gasteiger partial charge in [-0.1, -0.05) is 12.1 Å². The lowest BCUT2D eigenvalue weighted by Crippen LogP contribution is -2.32. The molecule has 9 nitrogen and oxygen atoms in total. The minimum absolute atomic E-state index is 0.257. The Hall–Kier alpha value is -3.50. The zero-order valence-corrected chi connectivity index (χ0v) is 22.2. The SMILES string of the molecule is COc1ccc(COc2cc(C3CCN(C=O)CC3)n3ncc(-c4cnc(C5CCOCC5)s4)c3n2)cc1. The number of carbonyl (C=O) groups excluding carboxylic acids is 1. The van der Waals surface area contributed by atoms with E-state index < -0.39 is 0 Å². The molecule has 0 radical (unpaired) electrons. The number of methoxy groups -OCH3 is 1. The van der Waals surface area contributed by atoms with E-state index in [2.05, 4.69) is 0 Å². The largest absolute Gasteiger partial charge is 0.497 e. The second kappa shape index (κ2) is 11.1. The number of ether oxygens (including phenoxy) is 3. The summed E-state index contributed by atoms with van der Waals surface area (Å²) in [7, 11) is 1.66. The summed E-state index contributed by atoms with van der Waals surface area (Å²) < 4.78 is 19.0. The normalized spacial score (nSPS) is 17.1. The van der Waals surface area contributed by atoms with Gasteiger partial charge in [0, 0.05) is 50.4 Å². The Bertz CT molecular complexity index is 1390. The van der Waals surface area contributed by atoms with Crippen LogP contribution < -0.4 is 9.47 Å². The van der Waals surface area contributed by atoms with Crippen molar-refractivity contribution in [3.63, 3.8) is 0 Å². The number of nitrogens with zero attached hydrogens (tertiary/aromatic N) is 5. The number of piperidine rings is 1. The Kier molecular flexibility index (Phi) is 7.24. The van der Waals surface area contributed by atoms with Crippen LogP contribution in [-0.2, 0) is 16.1 Å². The fourth-order valence-corrected chi connectivity index (χ4v) is 6.32. The van der Waals surface area contributed by atoms with E-state index in [0.717, 1.165) is 96.5 Å². The highest BCUT2D eigenvalue weighted by atomic mass is 32.1. The first kappa shape index (κ1) is 24.8. The monoisotopic (exact) mass is 533 g/mol. The molecule has 38 heavy (non-hydrogen) atoms. The third-order valence-corrected chi connectivity index (χ3v) is 8.67. The fourth-order valence-electron chi connectivity index (χ4n) is 5.23. The maximum absolute atomic E-state index is 11.3. The summed E-state index contributed by atoms with van der Waals surface area (Å²) >= 11 is 1.72. The lowest BCUT2D eigenvalue weighted by Gasteiger charge is -2.29. The molecule has 0 spiro atoms. The summed E-state index contributed by atoms with van der Waals surface area (Å²) in [5.74, 6) is 2.08. The second-order valence-electron chi connectivity index (χ2n) is 9.81. The van der Waals surface area contributed by atoms with Crippen molar-refractivity contribution in [3.05, 3.63) is 59.0 Å². The summed E-state index contributed by atoms with van der Waals surface area (Å²) in [6, 6.07) is 9.85. The Labute approximate surface area is 225 Å². The van der Waals surface area contributed by atoms with Gasteiger partial charge in [-0.3, -0.25) is 4.79 Å². The highest BCUT2D eigenvalue weighted by molar-refractivity contribution is 7.15. The third-order valence-electron chi connectivity index (χ3n) is 7.48. The molecular formula is C28H31N5O4S. The zero-order chi connectivity index (χ0) is 25.9. The molecule has 2 aliphatic rings. The van der Waals surface area contributed by atoms with Crippen LogP contribution in [0, 0.1) is 0 Å². The number of hydrogen-bond acceptors (Lipinski definition) is 8. The summed E-state index contributed by atoms with van der Waals surface area (Å²) in [6.45, 7) is 3.45. The molecule has 2 fully saturated rings. The molecule has 0 aliphatic carbocycles. The van der Waals surface area contributed by atoms with Crippen LogP contribution in [-0.4, -0.2) is 64.3 Å². The van der Waals surface area contributed by atoms with Crippen molar-refractivity contribution in [2.24, 2.45) is 0 Å². The predicted molar refractivity (Wildman–Crippen MR) is 144 cm³/mol. The molecule has 0 unspecified atom stereocenters. The van der Waals surface area contributed by atoms with Gasteiger partial charge >= 0.3 is 0 Å². The number of thiazole rings is 1. The zero-order valence-electron chi connectivity index (χ0n) is 21.4. The van der Waals surface area contributed by atoms with E-state index in [-0.39, 0.29) is 5.92 Å². The molecule has 0 saturated carbocycles. The van der Waals surface area contributed by atoms with Crippen molar-refractivity contribution in [1.82, 2.24) is 24.5 Å². The number of amides is 1.